The number of sulfonamides is 1. The molecule has 0 saturated carbocycles. The van der Waals surface area contributed by atoms with Gasteiger partial charge in [0.15, 0.2) is 0 Å². The second-order valence-electron chi connectivity index (χ2n) is 5.93. The van der Waals surface area contributed by atoms with E-state index in [4.69, 9.17) is 0 Å². The summed E-state index contributed by atoms with van der Waals surface area (Å²) in [6.07, 6.45) is 0.798. The molecule has 0 spiro atoms. The van der Waals surface area contributed by atoms with Crippen molar-refractivity contribution in [3.63, 3.8) is 0 Å². The van der Waals surface area contributed by atoms with Gasteiger partial charge in [0, 0.05) is 11.8 Å². The number of rotatable bonds is 6. The molecule has 0 aliphatic heterocycles. The number of carbonyl (C=O) groups is 2. The molecule has 0 unspecified atom stereocenters. The van der Waals surface area contributed by atoms with Gasteiger partial charge in [0.05, 0.1) is 24.6 Å². The molecule has 0 atom stereocenters. The van der Waals surface area contributed by atoms with E-state index >= 15 is 0 Å². The summed E-state index contributed by atoms with van der Waals surface area (Å²) < 4.78 is 56.3. The van der Waals surface area contributed by atoms with Crippen LogP contribution in [-0.2, 0) is 19.6 Å². The second kappa shape index (κ2) is 8.34. The van der Waals surface area contributed by atoms with E-state index in [1.165, 1.54) is 19.2 Å². The molecule has 1 amide bonds. The molecular weight excluding hydrogens is 394 g/mol. The highest BCUT2D eigenvalue weighted by molar-refractivity contribution is 7.92. The van der Waals surface area contributed by atoms with Crippen molar-refractivity contribution in [1.82, 2.24) is 0 Å². The third-order valence-electron chi connectivity index (χ3n) is 3.80. The number of esters is 1. The lowest BCUT2D eigenvalue weighted by Gasteiger charge is -2.22. The van der Waals surface area contributed by atoms with Crippen LogP contribution in [0, 0.1) is 18.6 Å². The molecule has 0 radical (unpaired) electrons. The number of hydrogen-bond donors (Lipinski definition) is 1. The Kier molecular flexibility index (Phi) is 6.34. The van der Waals surface area contributed by atoms with Gasteiger partial charge >= 0.3 is 5.97 Å². The van der Waals surface area contributed by atoms with Crippen molar-refractivity contribution in [2.75, 3.05) is 29.5 Å². The molecule has 7 nitrogen and oxygen atoms in total. The molecule has 0 bridgehead atoms. The average Bonchev–Trinajstić information content (AvgIpc) is 2.60. The van der Waals surface area contributed by atoms with Crippen molar-refractivity contribution >= 4 is 33.3 Å². The Morgan fingerprint density at radius 1 is 1.14 bits per heavy atom. The summed E-state index contributed by atoms with van der Waals surface area (Å²) in [4.78, 5) is 24.0. The first-order chi connectivity index (χ1) is 13.0. The lowest BCUT2D eigenvalue weighted by atomic mass is 10.1. The summed E-state index contributed by atoms with van der Waals surface area (Å²) in [6.45, 7) is 0.925. The number of ether oxygens (including phenoxy) is 1. The summed E-state index contributed by atoms with van der Waals surface area (Å²) in [6, 6.07) is 6.81. The number of halogens is 2. The highest BCUT2D eigenvalue weighted by atomic mass is 32.2. The van der Waals surface area contributed by atoms with Gasteiger partial charge in [-0.1, -0.05) is 6.07 Å². The number of anilines is 2. The quantitative estimate of drug-likeness (QED) is 0.736. The highest BCUT2D eigenvalue weighted by Crippen LogP contribution is 2.23. The van der Waals surface area contributed by atoms with Crippen molar-refractivity contribution in [2.24, 2.45) is 0 Å². The molecule has 2 rings (SSSR count). The van der Waals surface area contributed by atoms with Crippen molar-refractivity contribution in [1.29, 1.82) is 0 Å². The van der Waals surface area contributed by atoms with Gasteiger partial charge < -0.3 is 10.1 Å². The Morgan fingerprint density at radius 2 is 1.82 bits per heavy atom. The van der Waals surface area contributed by atoms with Crippen LogP contribution in [0.3, 0.4) is 0 Å². The van der Waals surface area contributed by atoms with Gasteiger partial charge in [-0.25, -0.2) is 22.0 Å². The minimum absolute atomic E-state index is 0.188. The maximum atomic E-state index is 14.0. The van der Waals surface area contributed by atoms with Crippen LogP contribution in [0.1, 0.15) is 15.9 Å². The van der Waals surface area contributed by atoms with Gasteiger partial charge in [0.25, 0.3) is 0 Å². The topological polar surface area (TPSA) is 92.8 Å². The minimum atomic E-state index is -4.04. The molecule has 28 heavy (non-hydrogen) atoms. The molecular formula is C18H18F2N2O5S. The number of nitrogens with one attached hydrogen (secondary N) is 1. The largest absolute Gasteiger partial charge is 0.465 e. The zero-order chi connectivity index (χ0) is 21.1. The lowest BCUT2D eigenvalue weighted by Crippen LogP contribution is -2.38. The van der Waals surface area contributed by atoms with Gasteiger partial charge in [-0.2, -0.15) is 0 Å². The molecule has 0 fully saturated rings. The van der Waals surface area contributed by atoms with Crippen LogP contribution >= 0.6 is 0 Å². The molecule has 2 aromatic rings. The highest BCUT2D eigenvalue weighted by Gasteiger charge is 2.24. The van der Waals surface area contributed by atoms with E-state index < -0.39 is 45.8 Å². The van der Waals surface area contributed by atoms with E-state index in [0.717, 1.165) is 18.4 Å². The Hall–Kier alpha value is -3.01. The third kappa shape index (κ3) is 5.03. The fourth-order valence-corrected chi connectivity index (χ4v) is 3.24. The molecule has 150 valence electrons. The van der Waals surface area contributed by atoms with Gasteiger partial charge in [0.2, 0.25) is 15.9 Å². The number of amides is 1. The average molecular weight is 412 g/mol. The smallest absolute Gasteiger partial charge is 0.337 e. The van der Waals surface area contributed by atoms with E-state index in [9.17, 15) is 26.8 Å². The van der Waals surface area contributed by atoms with E-state index in [-0.39, 0.29) is 11.3 Å². The first kappa shape index (κ1) is 21.3. The van der Waals surface area contributed by atoms with Gasteiger partial charge in [0.1, 0.15) is 18.2 Å². The molecule has 0 aliphatic rings. The minimum Gasteiger partial charge on any atom is -0.465 e. The number of aryl methyl sites for hydroxylation is 1. The number of nitrogens with zero attached hydrogens (tertiary/aromatic N) is 1. The Morgan fingerprint density at radius 3 is 2.39 bits per heavy atom. The summed E-state index contributed by atoms with van der Waals surface area (Å²) in [5.41, 5.74) is 0.604. The molecule has 10 heteroatoms. The fraction of sp³-hybridized carbons (Fsp3) is 0.222. The van der Waals surface area contributed by atoms with E-state index in [1.807, 2.05) is 0 Å². The van der Waals surface area contributed by atoms with Crippen molar-refractivity contribution < 1.29 is 31.5 Å². The van der Waals surface area contributed by atoms with Crippen LogP contribution in [0.2, 0.25) is 0 Å². The summed E-state index contributed by atoms with van der Waals surface area (Å²) in [5, 5.41) is 2.48. The Labute approximate surface area is 161 Å². The number of benzene rings is 2. The predicted molar refractivity (Wildman–Crippen MR) is 99.7 cm³/mol. The molecule has 0 heterocycles. The van der Waals surface area contributed by atoms with Crippen molar-refractivity contribution in [3.8, 4) is 0 Å². The number of hydrogen-bond acceptors (Lipinski definition) is 5. The first-order valence-electron chi connectivity index (χ1n) is 7.94. The normalized spacial score (nSPS) is 11.0. The predicted octanol–water partition coefficient (Wildman–Crippen LogP) is 2.46. The van der Waals surface area contributed by atoms with Crippen LogP contribution in [0.15, 0.2) is 36.4 Å². The van der Waals surface area contributed by atoms with Crippen LogP contribution < -0.4 is 9.62 Å². The number of carbonyl (C=O) groups excluding carboxylic acids is 2. The van der Waals surface area contributed by atoms with E-state index in [2.05, 4.69) is 10.1 Å². The van der Waals surface area contributed by atoms with Crippen LogP contribution in [-0.4, -0.2) is 40.2 Å². The fourth-order valence-electron chi connectivity index (χ4n) is 2.39. The van der Waals surface area contributed by atoms with Crippen molar-refractivity contribution in [2.45, 2.75) is 6.92 Å². The summed E-state index contributed by atoms with van der Waals surface area (Å²) >= 11 is 0. The molecule has 0 aromatic heterocycles. The second-order valence-corrected chi connectivity index (χ2v) is 7.84. The van der Waals surface area contributed by atoms with E-state index in [1.54, 1.807) is 13.0 Å². The Bertz CT molecular complexity index is 1020. The maximum Gasteiger partial charge on any atom is 0.337 e. The Balaban J connectivity index is 2.29. The first-order valence-corrected chi connectivity index (χ1v) is 9.79. The van der Waals surface area contributed by atoms with Gasteiger partial charge in [-0.05, 0) is 36.8 Å². The van der Waals surface area contributed by atoms with Crippen LogP contribution in [0.4, 0.5) is 20.2 Å². The SMILES string of the molecule is COC(=O)c1ccc(C)c(NC(=O)CN(c2ccc(F)cc2F)S(C)(=O)=O)c1. The zero-order valence-corrected chi connectivity index (χ0v) is 16.1. The number of methoxy groups -OCH3 is 1. The van der Waals surface area contributed by atoms with Gasteiger partial charge in [-0.15, -0.1) is 0 Å². The summed E-state index contributed by atoms with van der Waals surface area (Å²) in [7, 11) is -2.83. The maximum absolute atomic E-state index is 14.0. The molecule has 2 aromatic carbocycles. The lowest BCUT2D eigenvalue weighted by molar-refractivity contribution is -0.114. The molecule has 0 aliphatic carbocycles. The van der Waals surface area contributed by atoms with Crippen LogP contribution in [0.5, 0.6) is 0 Å². The third-order valence-corrected chi connectivity index (χ3v) is 4.93. The van der Waals surface area contributed by atoms with E-state index in [0.29, 0.717) is 15.9 Å². The standard InChI is InChI=1S/C18H18F2N2O5S/c1-11-4-5-12(18(24)27-2)8-15(11)21-17(23)10-22(28(3,25)26)16-7-6-13(19)9-14(16)20/h4-9H,10H2,1-3H3,(H,21,23). The summed E-state index contributed by atoms with van der Waals surface area (Å²) in [5.74, 6) is -3.39. The molecule has 1 N–H and O–H groups in total. The van der Waals surface area contributed by atoms with Crippen molar-refractivity contribution in [3.05, 3.63) is 59.2 Å². The molecule has 0 saturated heterocycles. The van der Waals surface area contributed by atoms with Crippen LogP contribution in [0.25, 0.3) is 0 Å². The monoisotopic (exact) mass is 412 g/mol. The van der Waals surface area contributed by atoms with Gasteiger partial charge in [-0.3, -0.25) is 9.10 Å². The zero-order valence-electron chi connectivity index (χ0n) is 15.3.